The van der Waals surface area contributed by atoms with Crippen LogP contribution in [-0.4, -0.2) is 63.6 Å². The molecule has 1 aliphatic carbocycles. The molecular weight excluding hydrogens is 306 g/mol. The molecule has 1 unspecified atom stereocenters. The van der Waals surface area contributed by atoms with E-state index >= 15 is 0 Å². The minimum atomic E-state index is -0.218. The van der Waals surface area contributed by atoms with Crippen molar-refractivity contribution in [2.24, 2.45) is 0 Å². The van der Waals surface area contributed by atoms with E-state index in [9.17, 15) is 4.79 Å². The highest BCUT2D eigenvalue weighted by atomic mass is 16.5. The van der Waals surface area contributed by atoms with Crippen LogP contribution in [0.2, 0.25) is 0 Å². The number of nitrogens with one attached hydrogen (secondary N) is 1. The first-order chi connectivity index (χ1) is 11.8. The van der Waals surface area contributed by atoms with E-state index in [1.807, 2.05) is 12.3 Å². The summed E-state index contributed by atoms with van der Waals surface area (Å²) < 4.78 is 5.62. The molecule has 126 valence electrons. The van der Waals surface area contributed by atoms with E-state index in [0.29, 0.717) is 0 Å². The molecule has 1 N–H and O–H groups in total. The van der Waals surface area contributed by atoms with Gasteiger partial charge in [-0.05, 0) is 31.7 Å². The lowest BCUT2D eigenvalue weighted by atomic mass is 10.1. The molecule has 7 nitrogen and oxygen atoms in total. The summed E-state index contributed by atoms with van der Waals surface area (Å²) >= 11 is 0. The lowest BCUT2D eigenvalue weighted by molar-refractivity contribution is -0.144. The molecule has 3 aliphatic rings. The standard InChI is InChI=1S/C17H21N5O2/c23-16(13-2-1-9-24-13)22-8-7-21(10-17(22)4-5-17)15-12-3-6-18-14(12)19-11-20-15/h3,6,11,13H,1-2,4-5,7-10H2,(H,18,19,20). The number of piperazine rings is 1. The predicted molar refractivity (Wildman–Crippen MR) is 88.8 cm³/mol. The highest BCUT2D eigenvalue weighted by molar-refractivity contribution is 5.88. The molecule has 2 aromatic rings. The monoisotopic (exact) mass is 327 g/mol. The van der Waals surface area contributed by atoms with Gasteiger partial charge in [-0.15, -0.1) is 0 Å². The Kier molecular flexibility index (Phi) is 3.06. The van der Waals surface area contributed by atoms with Gasteiger partial charge in [-0.3, -0.25) is 4.79 Å². The number of carbonyl (C=O) groups is 1. The van der Waals surface area contributed by atoms with Gasteiger partial charge in [0.15, 0.2) is 0 Å². The molecule has 0 aromatic carbocycles. The fraction of sp³-hybridized carbons (Fsp3) is 0.588. The van der Waals surface area contributed by atoms with E-state index in [0.717, 1.165) is 68.8 Å². The smallest absolute Gasteiger partial charge is 0.252 e. The molecular formula is C17H21N5O2. The first kappa shape index (κ1) is 14.2. The minimum absolute atomic E-state index is 0.0190. The van der Waals surface area contributed by atoms with Crippen molar-refractivity contribution in [2.45, 2.75) is 37.3 Å². The number of aromatic nitrogens is 3. The number of hydrogen-bond acceptors (Lipinski definition) is 5. The van der Waals surface area contributed by atoms with E-state index in [1.165, 1.54) is 0 Å². The molecule has 1 atom stereocenters. The third-order valence-corrected chi connectivity index (χ3v) is 5.58. The average Bonchev–Trinajstić information content (AvgIpc) is 3.07. The Balaban J connectivity index is 1.40. The van der Waals surface area contributed by atoms with Crippen molar-refractivity contribution < 1.29 is 9.53 Å². The lowest BCUT2D eigenvalue weighted by Crippen LogP contribution is -2.59. The van der Waals surface area contributed by atoms with Crippen molar-refractivity contribution in [3.63, 3.8) is 0 Å². The van der Waals surface area contributed by atoms with Gasteiger partial charge in [0.1, 0.15) is 23.9 Å². The van der Waals surface area contributed by atoms with Crippen LogP contribution < -0.4 is 4.90 Å². The van der Waals surface area contributed by atoms with Crippen molar-refractivity contribution in [3.8, 4) is 0 Å². The number of ether oxygens (including phenoxy) is 1. The highest BCUT2D eigenvalue weighted by Crippen LogP contribution is 2.46. The number of aromatic amines is 1. The second-order valence-electron chi connectivity index (χ2n) is 7.07. The van der Waals surface area contributed by atoms with E-state index in [-0.39, 0.29) is 17.6 Å². The number of amides is 1. The SMILES string of the molecule is O=C(C1CCCO1)N1CCN(c2ncnc3[nH]ccc23)CC12CC2. The molecule has 0 bridgehead atoms. The Bertz CT molecular complexity index is 778. The molecule has 2 aromatic heterocycles. The summed E-state index contributed by atoms with van der Waals surface area (Å²) in [7, 11) is 0. The van der Waals surface area contributed by atoms with Crippen molar-refractivity contribution in [1.29, 1.82) is 0 Å². The molecule has 1 amide bonds. The topological polar surface area (TPSA) is 74.3 Å². The van der Waals surface area contributed by atoms with Crippen LogP contribution in [0.15, 0.2) is 18.6 Å². The van der Waals surface area contributed by atoms with Crippen LogP contribution in [0.25, 0.3) is 11.0 Å². The second-order valence-corrected chi connectivity index (χ2v) is 7.07. The highest BCUT2D eigenvalue weighted by Gasteiger charge is 2.54. The third kappa shape index (κ3) is 2.11. The van der Waals surface area contributed by atoms with Crippen LogP contribution >= 0.6 is 0 Å². The molecule has 24 heavy (non-hydrogen) atoms. The fourth-order valence-corrected chi connectivity index (χ4v) is 4.13. The molecule has 4 heterocycles. The van der Waals surface area contributed by atoms with Crippen LogP contribution in [0.4, 0.5) is 5.82 Å². The molecule has 1 spiro atoms. The van der Waals surface area contributed by atoms with Crippen molar-refractivity contribution in [2.75, 3.05) is 31.1 Å². The van der Waals surface area contributed by atoms with Gasteiger partial charge in [0.05, 0.1) is 10.9 Å². The fourth-order valence-electron chi connectivity index (χ4n) is 4.13. The maximum atomic E-state index is 12.8. The number of anilines is 1. The van der Waals surface area contributed by atoms with Gasteiger partial charge >= 0.3 is 0 Å². The third-order valence-electron chi connectivity index (χ3n) is 5.58. The molecule has 2 saturated heterocycles. The first-order valence-electron chi connectivity index (χ1n) is 8.73. The number of rotatable bonds is 2. The van der Waals surface area contributed by atoms with Crippen LogP contribution in [0, 0.1) is 0 Å². The van der Waals surface area contributed by atoms with Gasteiger partial charge in [-0.1, -0.05) is 0 Å². The zero-order chi connectivity index (χ0) is 16.1. The van der Waals surface area contributed by atoms with Gasteiger partial charge in [-0.2, -0.15) is 0 Å². The summed E-state index contributed by atoms with van der Waals surface area (Å²) in [4.78, 5) is 29.1. The Morgan fingerprint density at radius 2 is 2.25 bits per heavy atom. The van der Waals surface area contributed by atoms with Gasteiger partial charge in [-0.25, -0.2) is 9.97 Å². The summed E-state index contributed by atoms with van der Waals surface area (Å²) in [5.74, 6) is 1.16. The largest absolute Gasteiger partial charge is 0.368 e. The molecule has 0 radical (unpaired) electrons. The lowest BCUT2D eigenvalue weighted by Gasteiger charge is -2.43. The van der Waals surface area contributed by atoms with Gasteiger partial charge in [0.25, 0.3) is 5.91 Å². The Labute approximate surface area is 140 Å². The Morgan fingerprint density at radius 3 is 3.04 bits per heavy atom. The van der Waals surface area contributed by atoms with Gasteiger partial charge in [0, 0.05) is 32.4 Å². The van der Waals surface area contributed by atoms with Crippen LogP contribution in [-0.2, 0) is 9.53 Å². The summed E-state index contributed by atoms with van der Waals surface area (Å²) in [6, 6.07) is 2.02. The number of fused-ring (bicyclic) bond motifs is 1. The summed E-state index contributed by atoms with van der Waals surface area (Å²) in [6.45, 7) is 3.12. The zero-order valence-electron chi connectivity index (χ0n) is 13.6. The zero-order valence-corrected chi connectivity index (χ0v) is 13.6. The van der Waals surface area contributed by atoms with E-state index in [2.05, 4.69) is 24.8 Å². The normalized spacial score (nSPS) is 25.6. The van der Waals surface area contributed by atoms with Gasteiger partial charge in [0.2, 0.25) is 0 Å². The minimum Gasteiger partial charge on any atom is -0.368 e. The van der Waals surface area contributed by atoms with Crippen molar-refractivity contribution >= 4 is 22.8 Å². The van der Waals surface area contributed by atoms with E-state index in [4.69, 9.17) is 4.74 Å². The van der Waals surface area contributed by atoms with Gasteiger partial charge < -0.3 is 19.5 Å². The van der Waals surface area contributed by atoms with E-state index < -0.39 is 0 Å². The first-order valence-corrected chi connectivity index (χ1v) is 8.73. The molecule has 2 aliphatic heterocycles. The average molecular weight is 327 g/mol. The summed E-state index contributed by atoms with van der Waals surface area (Å²) in [5, 5.41) is 1.05. The summed E-state index contributed by atoms with van der Waals surface area (Å²) in [5.41, 5.74) is 0.845. The Hall–Kier alpha value is -2.15. The van der Waals surface area contributed by atoms with Crippen molar-refractivity contribution in [1.82, 2.24) is 19.9 Å². The summed E-state index contributed by atoms with van der Waals surface area (Å²) in [6.07, 6.45) is 7.29. The number of H-pyrrole nitrogens is 1. The molecule has 5 rings (SSSR count). The number of hydrogen-bond donors (Lipinski definition) is 1. The quantitative estimate of drug-likeness (QED) is 0.900. The van der Waals surface area contributed by atoms with Crippen LogP contribution in [0.3, 0.4) is 0 Å². The predicted octanol–water partition coefficient (Wildman–Crippen LogP) is 1.32. The number of nitrogens with zero attached hydrogens (tertiary/aromatic N) is 4. The van der Waals surface area contributed by atoms with Crippen molar-refractivity contribution in [3.05, 3.63) is 18.6 Å². The second kappa shape index (κ2) is 5.17. The molecule has 7 heteroatoms. The Morgan fingerprint density at radius 1 is 1.33 bits per heavy atom. The maximum absolute atomic E-state index is 12.8. The molecule has 3 fully saturated rings. The number of carbonyl (C=O) groups excluding carboxylic acids is 1. The van der Waals surface area contributed by atoms with Crippen LogP contribution in [0.5, 0.6) is 0 Å². The maximum Gasteiger partial charge on any atom is 0.252 e. The van der Waals surface area contributed by atoms with E-state index in [1.54, 1.807) is 6.33 Å². The van der Waals surface area contributed by atoms with Crippen LogP contribution in [0.1, 0.15) is 25.7 Å². The molecule has 1 saturated carbocycles.